The number of hydrogen-bond donors (Lipinski definition) is 1. The minimum Gasteiger partial charge on any atom is -0.385 e. The fraction of sp³-hybridized carbons (Fsp3) is 0.950. The molecule has 0 aliphatic carbocycles. The average molecular weight is 543 g/mol. The predicted octanol–water partition coefficient (Wildman–Crippen LogP) is 1.91. The van der Waals surface area contributed by atoms with E-state index in [1.165, 1.54) is 17.9 Å². The number of hydrogen-bond acceptors (Lipinski definition) is 6. The number of rotatable bonds is 8. The molecule has 170 valence electrons. The molecule has 3 aliphatic rings. The van der Waals surface area contributed by atoms with E-state index in [1.807, 2.05) is 7.05 Å². The SMILES string of the molecule is CN=C(NCC1(N2CCOCC2)CCSC1)N1CCC(OCCCOC)CC1.I. The third-order valence-corrected chi connectivity index (χ3v) is 7.37. The third kappa shape index (κ3) is 7.38. The summed E-state index contributed by atoms with van der Waals surface area (Å²) in [7, 11) is 3.64. The first-order chi connectivity index (χ1) is 13.8. The Bertz CT molecular complexity index is 480. The summed E-state index contributed by atoms with van der Waals surface area (Å²) in [5.41, 5.74) is 0.243. The number of likely N-dealkylation sites (tertiary alicyclic amines) is 1. The van der Waals surface area contributed by atoms with Gasteiger partial charge in [-0.25, -0.2) is 0 Å². The Kier molecular flexibility index (Phi) is 11.9. The van der Waals surface area contributed by atoms with Gasteiger partial charge in [0.05, 0.1) is 19.3 Å². The van der Waals surface area contributed by atoms with Gasteiger partial charge in [-0.3, -0.25) is 9.89 Å². The first-order valence-corrected chi connectivity index (χ1v) is 11.9. The maximum atomic E-state index is 6.00. The Morgan fingerprint density at radius 1 is 1.21 bits per heavy atom. The van der Waals surface area contributed by atoms with Gasteiger partial charge in [-0.1, -0.05) is 0 Å². The highest BCUT2D eigenvalue weighted by atomic mass is 127. The van der Waals surface area contributed by atoms with Gasteiger partial charge in [-0.2, -0.15) is 11.8 Å². The Balaban J connectivity index is 0.00000300. The zero-order chi connectivity index (χ0) is 19.7. The lowest BCUT2D eigenvalue weighted by Gasteiger charge is -2.44. The molecule has 0 saturated carbocycles. The molecule has 3 fully saturated rings. The lowest BCUT2D eigenvalue weighted by Crippen LogP contribution is -2.60. The number of piperidine rings is 1. The third-order valence-electron chi connectivity index (χ3n) is 6.14. The van der Waals surface area contributed by atoms with Gasteiger partial charge in [-0.05, 0) is 31.4 Å². The van der Waals surface area contributed by atoms with Crippen molar-refractivity contribution in [3.8, 4) is 0 Å². The van der Waals surface area contributed by atoms with Crippen molar-refractivity contribution in [2.75, 3.05) is 84.8 Å². The van der Waals surface area contributed by atoms with Crippen LogP contribution < -0.4 is 5.32 Å². The van der Waals surface area contributed by atoms with Gasteiger partial charge in [0.2, 0.25) is 0 Å². The van der Waals surface area contributed by atoms with Crippen molar-refractivity contribution in [3.05, 3.63) is 0 Å². The molecule has 0 aromatic heterocycles. The highest BCUT2D eigenvalue weighted by Crippen LogP contribution is 2.33. The molecule has 3 saturated heterocycles. The quantitative estimate of drug-likeness (QED) is 0.218. The van der Waals surface area contributed by atoms with Gasteiger partial charge in [0.1, 0.15) is 0 Å². The van der Waals surface area contributed by atoms with E-state index in [9.17, 15) is 0 Å². The van der Waals surface area contributed by atoms with Crippen LogP contribution in [0.15, 0.2) is 4.99 Å². The Hall–Kier alpha value is 0.190. The van der Waals surface area contributed by atoms with Crippen LogP contribution in [0.5, 0.6) is 0 Å². The van der Waals surface area contributed by atoms with Gasteiger partial charge < -0.3 is 24.4 Å². The van der Waals surface area contributed by atoms with E-state index in [2.05, 4.69) is 31.9 Å². The van der Waals surface area contributed by atoms with Gasteiger partial charge in [0.25, 0.3) is 0 Å². The number of morpholine rings is 1. The zero-order valence-corrected chi connectivity index (χ0v) is 21.2. The molecule has 0 bridgehead atoms. The van der Waals surface area contributed by atoms with Crippen LogP contribution in [0.3, 0.4) is 0 Å². The van der Waals surface area contributed by atoms with Crippen LogP contribution in [-0.4, -0.2) is 112 Å². The number of guanidine groups is 1. The van der Waals surface area contributed by atoms with Crippen molar-refractivity contribution < 1.29 is 14.2 Å². The van der Waals surface area contributed by atoms with Crippen LogP contribution in [0, 0.1) is 0 Å². The Morgan fingerprint density at radius 3 is 2.59 bits per heavy atom. The zero-order valence-electron chi connectivity index (χ0n) is 18.1. The predicted molar refractivity (Wildman–Crippen MR) is 131 cm³/mol. The largest absolute Gasteiger partial charge is 0.385 e. The summed E-state index contributed by atoms with van der Waals surface area (Å²) < 4.78 is 16.7. The molecule has 3 heterocycles. The van der Waals surface area contributed by atoms with Gasteiger partial charge in [-0.15, -0.1) is 24.0 Å². The molecule has 0 amide bonds. The van der Waals surface area contributed by atoms with E-state index < -0.39 is 0 Å². The molecular formula is C20H39IN4O3S. The molecule has 1 atom stereocenters. The standard InChI is InChI=1S/C20H38N4O3S.HI/c1-21-19(23-7-4-18(5-8-23)27-12-3-11-25-2)22-16-20(6-15-28-17-20)24-9-13-26-14-10-24;/h18H,3-17H2,1-2H3,(H,21,22);1H. The summed E-state index contributed by atoms with van der Waals surface area (Å²) in [5.74, 6) is 3.50. The van der Waals surface area contributed by atoms with E-state index in [1.54, 1.807) is 7.11 Å². The summed E-state index contributed by atoms with van der Waals surface area (Å²) in [5, 5.41) is 3.72. The smallest absolute Gasteiger partial charge is 0.193 e. The van der Waals surface area contributed by atoms with E-state index in [-0.39, 0.29) is 29.5 Å². The second kappa shape index (κ2) is 13.6. The van der Waals surface area contributed by atoms with Crippen molar-refractivity contribution in [3.63, 3.8) is 0 Å². The van der Waals surface area contributed by atoms with Crippen LogP contribution in [0.4, 0.5) is 0 Å². The molecule has 3 rings (SSSR count). The molecule has 29 heavy (non-hydrogen) atoms. The monoisotopic (exact) mass is 542 g/mol. The van der Waals surface area contributed by atoms with E-state index in [4.69, 9.17) is 14.2 Å². The number of ether oxygens (including phenoxy) is 3. The topological polar surface area (TPSA) is 58.6 Å². The lowest BCUT2D eigenvalue weighted by atomic mass is 9.95. The van der Waals surface area contributed by atoms with Crippen molar-refractivity contribution in [2.45, 2.75) is 37.3 Å². The molecule has 0 aromatic carbocycles. The lowest BCUT2D eigenvalue weighted by molar-refractivity contribution is -0.0125. The highest BCUT2D eigenvalue weighted by molar-refractivity contribution is 14.0. The fourth-order valence-corrected chi connectivity index (χ4v) is 5.88. The number of nitrogens with one attached hydrogen (secondary N) is 1. The second-order valence-electron chi connectivity index (χ2n) is 7.93. The van der Waals surface area contributed by atoms with Gasteiger partial charge in [0, 0.05) is 71.4 Å². The molecule has 0 aromatic rings. The van der Waals surface area contributed by atoms with E-state index in [0.29, 0.717) is 6.10 Å². The molecule has 7 nitrogen and oxygen atoms in total. The van der Waals surface area contributed by atoms with E-state index >= 15 is 0 Å². The second-order valence-corrected chi connectivity index (χ2v) is 9.04. The van der Waals surface area contributed by atoms with Crippen LogP contribution in [-0.2, 0) is 14.2 Å². The van der Waals surface area contributed by atoms with Crippen LogP contribution >= 0.6 is 35.7 Å². The Morgan fingerprint density at radius 2 is 1.97 bits per heavy atom. The number of thioether (sulfide) groups is 1. The minimum atomic E-state index is 0. The summed E-state index contributed by atoms with van der Waals surface area (Å²) in [6.07, 6.45) is 4.73. The van der Waals surface area contributed by atoms with Crippen LogP contribution in [0.1, 0.15) is 25.7 Å². The van der Waals surface area contributed by atoms with Crippen molar-refractivity contribution in [1.82, 2.24) is 15.1 Å². The van der Waals surface area contributed by atoms with E-state index in [0.717, 1.165) is 84.4 Å². The first kappa shape index (κ1) is 25.5. The van der Waals surface area contributed by atoms with Gasteiger partial charge >= 0.3 is 0 Å². The maximum absolute atomic E-state index is 6.00. The van der Waals surface area contributed by atoms with Crippen LogP contribution in [0.2, 0.25) is 0 Å². The maximum Gasteiger partial charge on any atom is 0.193 e. The van der Waals surface area contributed by atoms with Gasteiger partial charge in [0.15, 0.2) is 5.96 Å². The van der Waals surface area contributed by atoms with Crippen LogP contribution in [0.25, 0.3) is 0 Å². The van der Waals surface area contributed by atoms with Crippen molar-refractivity contribution in [1.29, 1.82) is 0 Å². The molecule has 9 heteroatoms. The molecule has 0 spiro atoms. The first-order valence-electron chi connectivity index (χ1n) is 10.7. The number of aliphatic imine (C=N–C) groups is 1. The summed E-state index contributed by atoms with van der Waals surface area (Å²) in [6, 6.07) is 0. The molecular weight excluding hydrogens is 503 g/mol. The molecule has 0 radical (unpaired) electrons. The molecule has 3 aliphatic heterocycles. The highest BCUT2D eigenvalue weighted by Gasteiger charge is 2.41. The normalized spacial score (nSPS) is 27.1. The Labute approximate surface area is 197 Å². The fourth-order valence-electron chi connectivity index (χ4n) is 4.40. The number of methoxy groups -OCH3 is 1. The number of nitrogens with zero attached hydrogens (tertiary/aromatic N) is 3. The van der Waals surface area contributed by atoms with Crippen molar-refractivity contribution in [2.24, 2.45) is 4.99 Å². The summed E-state index contributed by atoms with van der Waals surface area (Å²) in [4.78, 5) is 9.63. The minimum absolute atomic E-state index is 0. The number of halogens is 1. The molecule has 1 N–H and O–H groups in total. The summed E-state index contributed by atoms with van der Waals surface area (Å²) >= 11 is 2.08. The average Bonchev–Trinajstić information content (AvgIpc) is 3.23. The van der Waals surface area contributed by atoms with Crippen molar-refractivity contribution >= 4 is 41.7 Å². The molecule has 1 unspecified atom stereocenters. The summed E-state index contributed by atoms with van der Waals surface area (Å²) in [6.45, 7) is 8.38.